The van der Waals surface area contributed by atoms with E-state index in [0.717, 1.165) is 19.4 Å². The third-order valence-corrected chi connectivity index (χ3v) is 6.01. The van der Waals surface area contributed by atoms with Crippen LogP contribution in [0.1, 0.15) is 48.1 Å². The van der Waals surface area contributed by atoms with Crippen LogP contribution < -0.4 is 0 Å². The molecule has 1 unspecified atom stereocenters. The molecule has 0 aromatic carbocycles. The summed E-state index contributed by atoms with van der Waals surface area (Å²) in [6, 6.07) is 1.72. The average molecular weight is 343 g/mol. The zero-order valence-electron chi connectivity index (χ0n) is 14.0. The predicted octanol–water partition coefficient (Wildman–Crippen LogP) is 2.16. The van der Waals surface area contributed by atoms with Crippen molar-refractivity contribution in [1.29, 1.82) is 0 Å². The van der Waals surface area contributed by atoms with Crippen LogP contribution in [0.15, 0.2) is 10.5 Å². The van der Waals surface area contributed by atoms with Gasteiger partial charge in [-0.1, -0.05) is 13.3 Å². The molecule has 2 rings (SSSR count). The van der Waals surface area contributed by atoms with Crippen LogP contribution in [0.25, 0.3) is 0 Å². The van der Waals surface area contributed by atoms with E-state index in [1.807, 2.05) is 0 Å². The van der Waals surface area contributed by atoms with E-state index in [2.05, 4.69) is 11.8 Å². The monoisotopic (exact) mass is 343 g/mol. The molecule has 0 amide bonds. The molecule has 7 heteroatoms. The van der Waals surface area contributed by atoms with Crippen LogP contribution in [0.3, 0.4) is 0 Å². The number of rotatable bonds is 7. The Morgan fingerprint density at radius 2 is 2.22 bits per heavy atom. The van der Waals surface area contributed by atoms with Gasteiger partial charge in [-0.25, -0.2) is 13.2 Å². The number of ether oxygens (including phenoxy) is 1. The van der Waals surface area contributed by atoms with E-state index in [1.165, 1.54) is 7.11 Å². The number of carbonyl (C=O) groups is 1. The van der Waals surface area contributed by atoms with Crippen molar-refractivity contribution >= 4 is 15.8 Å². The Morgan fingerprint density at radius 3 is 2.78 bits per heavy atom. The molecule has 6 nitrogen and oxygen atoms in total. The number of aryl methyl sites for hydroxylation is 1. The minimum Gasteiger partial charge on any atom is -0.465 e. The van der Waals surface area contributed by atoms with Gasteiger partial charge in [0.15, 0.2) is 9.84 Å². The number of hydrogen-bond donors (Lipinski definition) is 0. The van der Waals surface area contributed by atoms with Gasteiger partial charge >= 0.3 is 5.97 Å². The fraction of sp³-hybridized carbons (Fsp3) is 0.688. The Balaban J connectivity index is 2.13. The molecule has 1 fully saturated rings. The van der Waals surface area contributed by atoms with Gasteiger partial charge < -0.3 is 9.15 Å². The van der Waals surface area contributed by atoms with Gasteiger partial charge in [-0.15, -0.1) is 0 Å². The summed E-state index contributed by atoms with van der Waals surface area (Å²) in [6.07, 6.45) is 2.70. The number of carbonyl (C=O) groups excluding carboxylic acids is 1. The summed E-state index contributed by atoms with van der Waals surface area (Å²) in [4.78, 5) is 13.8. The van der Waals surface area contributed by atoms with Crippen molar-refractivity contribution in [2.45, 2.75) is 45.7 Å². The van der Waals surface area contributed by atoms with Crippen LogP contribution in [-0.4, -0.2) is 50.5 Å². The molecule has 1 atom stereocenters. The Kier molecular flexibility index (Phi) is 5.86. The summed E-state index contributed by atoms with van der Waals surface area (Å²) in [6.45, 7) is 5.17. The first-order chi connectivity index (χ1) is 10.9. The quantitative estimate of drug-likeness (QED) is 0.706. The maximum atomic E-state index is 11.7. The van der Waals surface area contributed by atoms with E-state index in [1.54, 1.807) is 13.0 Å². The molecule has 1 aliphatic heterocycles. The van der Waals surface area contributed by atoms with Crippen molar-refractivity contribution in [1.82, 2.24) is 4.90 Å². The van der Waals surface area contributed by atoms with E-state index >= 15 is 0 Å². The second-order valence-electron chi connectivity index (χ2n) is 6.06. The average Bonchev–Trinajstić information content (AvgIpc) is 3.05. The van der Waals surface area contributed by atoms with Gasteiger partial charge in [-0.3, -0.25) is 4.90 Å². The van der Waals surface area contributed by atoms with Gasteiger partial charge in [0.05, 0.1) is 25.2 Å². The highest BCUT2D eigenvalue weighted by molar-refractivity contribution is 7.91. The molecule has 0 radical (unpaired) electrons. The normalized spacial score (nSPS) is 20.1. The highest BCUT2D eigenvalue weighted by Crippen LogP contribution is 2.23. The van der Waals surface area contributed by atoms with Gasteiger partial charge in [-0.2, -0.15) is 0 Å². The summed E-state index contributed by atoms with van der Waals surface area (Å²) < 4.78 is 33.9. The minimum absolute atomic E-state index is 0.0264. The number of hydrogen-bond acceptors (Lipinski definition) is 6. The molecule has 2 heterocycles. The van der Waals surface area contributed by atoms with Gasteiger partial charge in [0.2, 0.25) is 0 Å². The number of sulfone groups is 1. The summed E-state index contributed by atoms with van der Waals surface area (Å²) in [5, 5.41) is 0. The van der Waals surface area contributed by atoms with Crippen LogP contribution in [0.4, 0.5) is 0 Å². The molecule has 1 aliphatic rings. The van der Waals surface area contributed by atoms with Crippen LogP contribution in [0, 0.1) is 6.92 Å². The third-order valence-electron chi connectivity index (χ3n) is 4.26. The van der Waals surface area contributed by atoms with Gasteiger partial charge in [-0.05, 0) is 32.4 Å². The van der Waals surface area contributed by atoms with E-state index < -0.39 is 15.8 Å². The molecule has 0 bridgehead atoms. The highest BCUT2D eigenvalue weighted by atomic mass is 32.2. The maximum absolute atomic E-state index is 11.7. The molecule has 0 N–H and O–H groups in total. The van der Waals surface area contributed by atoms with Crippen molar-refractivity contribution in [3.05, 3.63) is 23.2 Å². The smallest absolute Gasteiger partial charge is 0.341 e. The SMILES string of the molecule is CCCCN(Cc1cc(C(=O)OC)c(C)o1)C1CCS(=O)(=O)C1. The van der Waals surface area contributed by atoms with Crippen molar-refractivity contribution in [2.75, 3.05) is 25.2 Å². The van der Waals surface area contributed by atoms with Crippen LogP contribution >= 0.6 is 0 Å². The number of methoxy groups -OCH3 is 1. The largest absolute Gasteiger partial charge is 0.465 e. The fourth-order valence-electron chi connectivity index (χ4n) is 2.95. The summed E-state index contributed by atoms with van der Waals surface area (Å²) >= 11 is 0. The summed E-state index contributed by atoms with van der Waals surface area (Å²) in [5.41, 5.74) is 0.428. The van der Waals surface area contributed by atoms with Crippen molar-refractivity contribution in [3.8, 4) is 0 Å². The second-order valence-corrected chi connectivity index (χ2v) is 8.28. The lowest BCUT2D eigenvalue weighted by Crippen LogP contribution is -2.36. The molecule has 0 saturated carbocycles. The third kappa shape index (κ3) is 4.57. The zero-order chi connectivity index (χ0) is 17.0. The minimum atomic E-state index is -2.92. The number of unbranched alkanes of at least 4 members (excludes halogenated alkanes) is 1. The molecule has 1 aromatic heterocycles. The Bertz CT molecular complexity index is 649. The predicted molar refractivity (Wildman–Crippen MR) is 87.2 cm³/mol. The Labute approximate surface area is 137 Å². The highest BCUT2D eigenvalue weighted by Gasteiger charge is 2.32. The Hall–Kier alpha value is -1.34. The van der Waals surface area contributed by atoms with Gasteiger partial charge in [0.1, 0.15) is 17.1 Å². The van der Waals surface area contributed by atoms with E-state index in [9.17, 15) is 13.2 Å². The van der Waals surface area contributed by atoms with Crippen LogP contribution in [0.5, 0.6) is 0 Å². The van der Waals surface area contributed by atoms with Gasteiger partial charge in [0.25, 0.3) is 0 Å². The van der Waals surface area contributed by atoms with E-state index in [-0.39, 0.29) is 17.5 Å². The standard InChI is InChI=1S/C16H25NO5S/c1-4-5-7-17(13-6-8-23(19,20)11-13)10-14-9-15(12(2)22-14)16(18)21-3/h9,13H,4-8,10-11H2,1-3H3. The lowest BCUT2D eigenvalue weighted by atomic mass is 10.2. The first kappa shape index (κ1) is 18.0. The van der Waals surface area contributed by atoms with E-state index in [0.29, 0.717) is 30.0 Å². The molecule has 0 spiro atoms. The second kappa shape index (κ2) is 7.49. The lowest BCUT2D eigenvalue weighted by Gasteiger charge is -2.26. The number of furan rings is 1. The van der Waals surface area contributed by atoms with Crippen molar-refractivity contribution in [2.24, 2.45) is 0 Å². The molecular weight excluding hydrogens is 318 g/mol. The topological polar surface area (TPSA) is 76.8 Å². The van der Waals surface area contributed by atoms with Crippen molar-refractivity contribution in [3.63, 3.8) is 0 Å². The first-order valence-electron chi connectivity index (χ1n) is 7.98. The molecule has 1 aromatic rings. The zero-order valence-corrected chi connectivity index (χ0v) is 14.8. The van der Waals surface area contributed by atoms with Crippen LogP contribution in [-0.2, 0) is 21.1 Å². The molecule has 130 valence electrons. The molecule has 23 heavy (non-hydrogen) atoms. The molecular formula is C16H25NO5S. The summed E-state index contributed by atoms with van der Waals surface area (Å²) in [7, 11) is -1.59. The maximum Gasteiger partial charge on any atom is 0.341 e. The lowest BCUT2D eigenvalue weighted by molar-refractivity contribution is 0.0599. The summed E-state index contributed by atoms with van der Waals surface area (Å²) in [5.74, 6) is 1.25. The van der Waals surface area contributed by atoms with E-state index in [4.69, 9.17) is 9.15 Å². The van der Waals surface area contributed by atoms with Crippen molar-refractivity contribution < 1.29 is 22.4 Å². The first-order valence-corrected chi connectivity index (χ1v) is 9.80. The van der Waals surface area contributed by atoms with Gasteiger partial charge in [0, 0.05) is 6.04 Å². The number of nitrogens with zero attached hydrogens (tertiary/aromatic N) is 1. The van der Waals surface area contributed by atoms with Crippen LogP contribution in [0.2, 0.25) is 0 Å². The molecule has 0 aliphatic carbocycles. The molecule has 1 saturated heterocycles. The number of esters is 1. The fourth-order valence-corrected chi connectivity index (χ4v) is 4.71. The Morgan fingerprint density at radius 1 is 1.48 bits per heavy atom.